The van der Waals surface area contributed by atoms with Gasteiger partial charge in [0.05, 0.1) is 20.1 Å². The molecule has 0 saturated carbocycles. The Morgan fingerprint density at radius 1 is 1.39 bits per heavy atom. The number of hydrogen-bond donors (Lipinski definition) is 2. The molecule has 0 aliphatic rings. The molecule has 0 aliphatic carbocycles. The van der Waals surface area contributed by atoms with Crippen molar-refractivity contribution >= 4 is 5.97 Å². The Balaban J connectivity index is 3.48. The first kappa shape index (κ1) is 14.3. The fourth-order valence-electron chi connectivity index (χ4n) is 2.02. The van der Waals surface area contributed by atoms with Gasteiger partial charge in [-0.25, -0.2) is 0 Å². The highest BCUT2D eigenvalue weighted by Gasteiger charge is 2.26. The maximum absolute atomic E-state index is 11.3. The zero-order valence-corrected chi connectivity index (χ0v) is 10.9. The average molecular weight is 253 g/mol. The molecule has 0 saturated heterocycles. The van der Waals surface area contributed by atoms with E-state index in [4.69, 9.17) is 15.2 Å². The molecule has 0 radical (unpaired) electrons. The Bertz CT molecular complexity index is 431. The van der Waals surface area contributed by atoms with Crippen molar-refractivity contribution in [2.24, 2.45) is 5.73 Å². The molecule has 0 spiro atoms. The Morgan fingerprint density at radius 3 is 2.44 bits per heavy atom. The maximum Gasteiger partial charge on any atom is 0.312 e. The van der Waals surface area contributed by atoms with Crippen LogP contribution in [-0.4, -0.2) is 31.8 Å². The predicted octanol–water partition coefficient (Wildman–Crippen LogP) is 1.39. The molecule has 1 aromatic carbocycles. The van der Waals surface area contributed by atoms with Crippen LogP contribution in [0.5, 0.6) is 11.5 Å². The summed E-state index contributed by atoms with van der Waals surface area (Å²) in [5.41, 5.74) is 7.08. The number of aliphatic carboxylic acids is 1. The molecule has 0 bridgehead atoms. The third-order valence-electron chi connectivity index (χ3n) is 2.94. The van der Waals surface area contributed by atoms with Crippen molar-refractivity contribution in [3.63, 3.8) is 0 Å². The number of carboxylic acids is 1. The molecule has 0 aliphatic heterocycles. The standard InChI is InChI=1S/C13H19NO4/c1-4-8-5-6-10(17-2)12(18-3)11(8)9(7-14)13(15)16/h5-6,9H,4,7,14H2,1-3H3,(H,15,16). The Labute approximate surface area is 107 Å². The summed E-state index contributed by atoms with van der Waals surface area (Å²) in [6.45, 7) is 1.98. The van der Waals surface area contributed by atoms with E-state index in [0.29, 0.717) is 23.5 Å². The zero-order chi connectivity index (χ0) is 13.7. The van der Waals surface area contributed by atoms with E-state index in [1.807, 2.05) is 13.0 Å². The molecule has 3 N–H and O–H groups in total. The maximum atomic E-state index is 11.3. The minimum absolute atomic E-state index is 0.0197. The Morgan fingerprint density at radius 2 is 2.06 bits per heavy atom. The molecule has 5 heteroatoms. The largest absolute Gasteiger partial charge is 0.493 e. The van der Waals surface area contributed by atoms with E-state index in [1.165, 1.54) is 14.2 Å². The summed E-state index contributed by atoms with van der Waals surface area (Å²) >= 11 is 0. The van der Waals surface area contributed by atoms with Crippen LogP contribution in [-0.2, 0) is 11.2 Å². The molecule has 0 heterocycles. The first-order valence-electron chi connectivity index (χ1n) is 5.77. The van der Waals surface area contributed by atoms with E-state index >= 15 is 0 Å². The lowest BCUT2D eigenvalue weighted by Crippen LogP contribution is -2.23. The van der Waals surface area contributed by atoms with Crippen LogP contribution < -0.4 is 15.2 Å². The van der Waals surface area contributed by atoms with Gasteiger partial charge in [0.2, 0.25) is 0 Å². The summed E-state index contributed by atoms with van der Waals surface area (Å²) in [5.74, 6) is -0.775. The van der Waals surface area contributed by atoms with Crippen molar-refractivity contribution in [2.75, 3.05) is 20.8 Å². The van der Waals surface area contributed by atoms with Crippen LogP contribution in [0, 0.1) is 0 Å². The second-order valence-electron chi connectivity index (χ2n) is 3.85. The van der Waals surface area contributed by atoms with Gasteiger partial charge in [0, 0.05) is 12.1 Å². The van der Waals surface area contributed by atoms with E-state index in [-0.39, 0.29) is 6.54 Å². The summed E-state index contributed by atoms with van der Waals surface area (Å²) in [6.07, 6.45) is 0.708. The molecule has 0 amide bonds. The molecule has 1 aromatic rings. The van der Waals surface area contributed by atoms with Crippen LogP contribution in [0.2, 0.25) is 0 Å². The number of carboxylic acid groups (broad SMARTS) is 1. The first-order chi connectivity index (χ1) is 8.60. The van der Waals surface area contributed by atoms with E-state index in [2.05, 4.69) is 0 Å². The Kier molecular flexibility index (Phi) is 4.97. The van der Waals surface area contributed by atoms with Gasteiger partial charge in [-0.3, -0.25) is 4.79 Å². The number of aryl methyl sites for hydroxylation is 1. The molecule has 0 aromatic heterocycles. The molecule has 1 rings (SSSR count). The van der Waals surface area contributed by atoms with Crippen LogP contribution in [0.15, 0.2) is 12.1 Å². The molecular formula is C13H19NO4. The molecular weight excluding hydrogens is 234 g/mol. The summed E-state index contributed by atoms with van der Waals surface area (Å²) < 4.78 is 10.5. The number of nitrogens with two attached hydrogens (primary N) is 1. The van der Waals surface area contributed by atoms with Crippen molar-refractivity contribution in [3.05, 3.63) is 23.3 Å². The van der Waals surface area contributed by atoms with Crippen molar-refractivity contribution in [3.8, 4) is 11.5 Å². The van der Waals surface area contributed by atoms with Gasteiger partial charge in [0.15, 0.2) is 11.5 Å². The molecule has 18 heavy (non-hydrogen) atoms. The smallest absolute Gasteiger partial charge is 0.312 e. The van der Waals surface area contributed by atoms with Crippen LogP contribution in [0.1, 0.15) is 24.0 Å². The van der Waals surface area contributed by atoms with Gasteiger partial charge < -0.3 is 20.3 Å². The fourth-order valence-corrected chi connectivity index (χ4v) is 2.02. The third kappa shape index (κ3) is 2.56. The van der Waals surface area contributed by atoms with Gasteiger partial charge in [-0.05, 0) is 18.1 Å². The molecule has 1 atom stereocenters. The van der Waals surface area contributed by atoms with Gasteiger partial charge in [-0.1, -0.05) is 13.0 Å². The monoisotopic (exact) mass is 253 g/mol. The highest BCUT2D eigenvalue weighted by Crippen LogP contribution is 2.38. The topological polar surface area (TPSA) is 81.8 Å². The van der Waals surface area contributed by atoms with Crippen LogP contribution >= 0.6 is 0 Å². The number of methoxy groups -OCH3 is 2. The van der Waals surface area contributed by atoms with E-state index in [1.54, 1.807) is 6.07 Å². The van der Waals surface area contributed by atoms with Gasteiger partial charge in [0.25, 0.3) is 0 Å². The summed E-state index contributed by atoms with van der Waals surface area (Å²) in [5, 5.41) is 9.25. The fraction of sp³-hybridized carbons (Fsp3) is 0.462. The lowest BCUT2D eigenvalue weighted by atomic mass is 9.91. The summed E-state index contributed by atoms with van der Waals surface area (Å²) in [7, 11) is 3.02. The first-order valence-corrected chi connectivity index (χ1v) is 5.77. The SMILES string of the molecule is CCc1ccc(OC)c(OC)c1C(CN)C(=O)O. The number of hydrogen-bond acceptors (Lipinski definition) is 4. The minimum atomic E-state index is -0.959. The molecule has 5 nitrogen and oxygen atoms in total. The van der Waals surface area contributed by atoms with Crippen LogP contribution in [0.3, 0.4) is 0 Å². The van der Waals surface area contributed by atoms with Crippen molar-refractivity contribution in [2.45, 2.75) is 19.3 Å². The minimum Gasteiger partial charge on any atom is -0.493 e. The highest BCUT2D eigenvalue weighted by atomic mass is 16.5. The third-order valence-corrected chi connectivity index (χ3v) is 2.94. The lowest BCUT2D eigenvalue weighted by molar-refractivity contribution is -0.138. The van der Waals surface area contributed by atoms with Gasteiger partial charge in [-0.15, -0.1) is 0 Å². The molecule has 0 fully saturated rings. The number of ether oxygens (including phenoxy) is 2. The number of benzene rings is 1. The van der Waals surface area contributed by atoms with Gasteiger partial charge >= 0.3 is 5.97 Å². The second-order valence-corrected chi connectivity index (χ2v) is 3.85. The van der Waals surface area contributed by atoms with Crippen LogP contribution in [0.4, 0.5) is 0 Å². The second kappa shape index (κ2) is 6.26. The van der Waals surface area contributed by atoms with E-state index < -0.39 is 11.9 Å². The van der Waals surface area contributed by atoms with Crippen molar-refractivity contribution < 1.29 is 19.4 Å². The van der Waals surface area contributed by atoms with Crippen molar-refractivity contribution in [1.82, 2.24) is 0 Å². The summed E-state index contributed by atoms with van der Waals surface area (Å²) in [4.78, 5) is 11.3. The average Bonchev–Trinajstić information content (AvgIpc) is 2.38. The number of carbonyl (C=O) groups is 1. The molecule has 100 valence electrons. The quantitative estimate of drug-likeness (QED) is 0.800. The highest BCUT2D eigenvalue weighted by molar-refractivity contribution is 5.79. The van der Waals surface area contributed by atoms with Gasteiger partial charge in [0.1, 0.15) is 0 Å². The van der Waals surface area contributed by atoms with E-state index in [0.717, 1.165) is 5.56 Å². The van der Waals surface area contributed by atoms with E-state index in [9.17, 15) is 9.90 Å². The number of rotatable bonds is 6. The zero-order valence-electron chi connectivity index (χ0n) is 10.9. The molecule has 1 unspecified atom stereocenters. The van der Waals surface area contributed by atoms with Crippen LogP contribution in [0.25, 0.3) is 0 Å². The normalized spacial score (nSPS) is 12.0. The van der Waals surface area contributed by atoms with Gasteiger partial charge in [-0.2, -0.15) is 0 Å². The van der Waals surface area contributed by atoms with Crippen molar-refractivity contribution in [1.29, 1.82) is 0 Å². The lowest BCUT2D eigenvalue weighted by Gasteiger charge is -2.20. The predicted molar refractivity (Wildman–Crippen MR) is 68.4 cm³/mol. The Hall–Kier alpha value is -1.75. The summed E-state index contributed by atoms with van der Waals surface area (Å²) in [6, 6.07) is 3.62.